The summed E-state index contributed by atoms with van der Waals surface area (Å²) >= 11 is 0. The Balaban J connectivity index is 1.09. The molecule has 11 rings (SSSR count). The topological polar surface area (TPSA) is 42.5 Å². The largest absolute Gasteiger partial charge is 0.339 e. The van der Waals surface area contributed by atoms with Gasteiger partial charge in [-0.2, -0.15) is 0 Å². The van der Waals surface area contributed by atoms with Crippen LogP contribution in [0.4, 0.5) is 17.1 Å². The van der Waals surface area contributed by atoms with Crippen molar-refractivity contribution in [1.82, 2.24) is 14.0 Å². The predicted molar refractivity (Wildman–Crippen MR) is 239 cm³/mol. The van der Waals surface area contributed by atoms with Crippen LogP contribution in [0.3, 0.4) is 0 Å². The summed E-state index contributed by atoms with van der Waals surface area (Å²) in [6.45, 7) is 4.67. The zero-order valence-corrected chi connectivity index (χ0v) is 32.2. The molecule has 8 aromatic carbocycles. The first-order chi connectivity index (χ1) is 28.5. The highest BCUT2D eigenvalue weighted by molar-refractivity contribution is 6.00. The number of hydrogen-bond acceptors (Lipinski definition) is 3. The fourth-order valence-electron chi connectivity index (χ4n) is 9.13. The molecule has 58 heavy (non-hydrogen) atoms. The number of aromatic nitrogens is 3. The molecule has 0 radical (unpaired) electrons. The van der Waals surface area contributed by atoms with Gasteiger partial charge in [-0.05, 0) is 106 Å². The average Bonchev–Trinajstić information content (AvgIpc) is 3.78. The second-order valence-electron chi connectivity index (χ2n) is 15.6. The van der Waals surface area contributed by atoms with E-state index in [0.29, 0.717) is 5.65 Å². The maximum Gasteiger partial charge on any atom is 0.339 e. The van der Waals surface area contributed by atoms with Crippen LogP contribution in [0.25, 0.3) is 66.7 Å². The van der Waals surface area contributed by atoms with E-state index in [1.165, 1.54) is 27.8 Å². The van der Waals surface area contributed by atoms with Gasteiger partial charge < -0.3 is 4.90 Å². The molecule has 0 saturated carbocycles. The molecule has 0 unspecified atom stereocenters. The normalized spacial score (nSPS) is 12.9. The van der Waals surface area contributed by atoms with Crippen molar-refractivity contribution in [3.63, 3.8) is 0 Å². The molecule has 1 aliphatic carbocycles. The predicted octanol–water partition coefficient (Wildman–Crippen LogP) is 12.9. The molecule has 0 fully saturated rings. The highest BCUT2D eigenvalue weighted by Crippen LogP contribution is 2.54. The van der Waals surface area contributed by atoms with Crippen molar-refractivity contribution in [2.75, 3.05) is 4.90 Å². The Morgan fingerprint density at radius 3 is 1.98 bits per heavy atom. The zero-order chi connectivity index (χ0) is 39.0. The van der Waals surface area contributed by atoms with Crippen molar-refractivity contribution in [2.45, 2.75) is 19.3 Å². The number of anilines is 3. The van der Waals surface area contributed by atoms with Crippen LogP contribution in [0.2, 0.25) is 0 Å². The lowest BCUT2D eigenvalue weighted by Gasteiger charge is -2.29. The Kier molecular flexibility index (Phi) is 7.60. The van der Waals surface area contributed by atoms with Gasteiger partial charge in [-0.25, -0.2) is 14.2 Å². The SMILES string of the molecule is CC1(C)c2ccccc2-c2c(N(c3ccc(-c4ccc5c(c4)c4nc6ccccc6n4c(=O)n5-c4ccccc4)cc3)c3cccc(-c4ccccc4)c3)cccc21. The molecule has 2 heterocycles. The minimum Gasteiger partial charge on any atom is -0.310 e. The lowest BCUT2D eigenvalue weighted by atomic mass is 9.82. The summed E-state index contributed by atoms with van der Waals surface area (Å²) in [5, 5.41) is 0.904. The Bertz CT molecular complexity index is 3270. The lowest BCUT2D eigenvalue weighted by molar-refractivity contribution is 0.660. The number of hydrogen-bond donors (Lipinski definition) is 0. The van der Waals surface area contributed by atoms with E-state index >= 15 is 0 Å². The molecule has 5 nitrogen and oxygen atoms in total. The Labute approximate surface area is 336 Å². The number of para-hydroxylation sites is 3. The van der Waals surface area contributed by atoms with Crippen LogP contribution in [0.5, 0.6) is 0 Å². The molecule has 0 N–H and O–H groups in total. The number of benzene rings is 8. The molecule has 1 aliphatic rings. The van der Waals surface area contributed by atoms with E-state index in [2.05, 4.69) is 158 Å². The number of rotatable bonds is 6. The van der Waals surface area contributed by atoms with Gasteiger partial charge in [0.1, 0.15) is 0 Å². The highest BCUT2D eigenvalue weighted by atomic mass is 16.1. The molecule has 0 amide bonds. The molecule has 0 saturated heterocycles. The standard InChI is InChI=1S/C53H38N4O/c1-53(2)44-22-10-9-21-42(44)50-45(53)23-14-26-49(50)55(41-20-13-17-37(33-41)35-15-5-3-6-16-35)40-30-27-36(28-31-40)38-29-32-47-43(34-38)51-54-46-24-11-12-25-48(46)57(51)52(58)56(47)39-18-7-4-8-19-39/h3-34H,1-2H3. The van der Waals surface area contributed by atoms with Gasteiger partial charge >= 0.3 is 5.69 Å². The van der Waals surface area contributed by atoms with Gasteiger partial charge in [0.15, 0.2) is 5.65 Å². The summed E-state index contributed by atoms with van der Waals surface area (Å²) < 4.78 is 3.54. The Morgan fingerprint density at radius 1 is 0.517 bits per heavy atom. The third-order valence-corrected chi connectivity index (χ3v) is 11.9. The van der Waals surface area contributed by atoms with Gasteiger partial charge in [0.05, 0.1) is 27.9 Å². The van der Waals surface area contributed by atoms with Crippen molar-refractivity contribution < 1.29 is 0 Å². The molecular weight excluding hydrogens is 709 g/mol. The van der Waals surface area contributed by atoms with E-state index in [4.69, 9.17) is 4.98 Å². The molecule has 5 heteroatoms. The van der Waals surface area contributed by atoms with Crippen LogP contribution in [0, 0.1) is 0 Å². The molecular formula is C53H38N4O. The van der Waals surface area contributed by atoms with Crippen LogP contribution in [-0.2, 0) is 5.41 Å². The molecule has 276 valence electrons. The minimum absolute atomic E-state index is 0.128. The maximum atomic E-state index is 14.3. The first kappa shape index (κ1) is 33.8. The monoisotopic (exact) mass is 746 g/mol. The summed E-state index contributed by atoms with van der Waals surface area (Å²) in [5.41, 5.74) is 16.5. The molecule has 2 aromatic heterocycles. The zero-order valence-electron chi connectivity index (χ0n) is 32.2. The second kappa shape index (κ2) is 13.0. The molecule has 0 bridgehead atoms. The summed E-state index contributed by atoms with van der Waals surface area (Å²) in [6, 6.07) is 67.9. The fraction of sp³-hybridized carbons (Fsp3) is 0.0566. The summed E-state index contributed by atoms with van der Waals surface area (Å²) in [6.07, 6.45) is 0. The molecule has 0 atom stereocenters. The summed E-state index contributed by atoms with van der Waals surface area (Å²) in [4.78, 5) is 21.7. The van der Waals surface area contributed by atoms with E-state index in [0.717, 1.165) is 61.4 Å². The van der Waals surface area contributed by atoms with Crippen LogP contribution in [0.1, 0.15) is 25.0 Å². The van der Waals surface area contributed by atoms with Crippen LogP contribution >= 0.6 is 0 Å². The number of nitrogens with zero attached hydrogens (tertiary/aromatic N) is 4. The Hall–Kier alpha value is -7.50. The van der Waals surface area contributed by atoms with Gasteiger partial charge in [0.25, 0.3) is 0 Å². The van der Waals surface area contributed by atoms with Crippen molar-refractivity contribution in [3.05, 3.63) is 216 Å². The second-order valence-corrected chi connectivity index (χ2v) is 15.6. The van der Waals surface area contributed by atoms with Crippen LogP contribution in [-0.4, -0.2) is 14.0 Å². The van der Waals surface area contributed by atoms with Crippen molar-refractivity contribution in [2.24, 2.45) is 0 Å². The first-order valence-electron chi connectivity index (χ1n) is 19.8. The van der Waals surface area contributed by atoms with E-state index in [1.54, 1.807) is 8.97 Å². The fourth-order valence-corrected chi connectivity index (χ4v) is 9.13. The van der Waals surface area contributed by atoms with E-state index in [-0.39, 0.29) is 11.1 Å². The first-order valence-corrected chi connectivity index (χ1v) is 19.8. The highest BCUT2D eigenvalue weighted by Gasteiger charge is 2.37. The molecule has 0 aliphatic heterocycles. The van der Waals surface area contributed by atoms with Crippen molar-refractivity contribution in [1.29, 1.82) is 0 Å². The van der Waals surface area contributed by atoms with Gasteiger partial charge in [-0.15, -0.1) is 0 Å². The molecule has 10 aromatic rings. The van der Waals surface area contributed by atoms with E-state index in [9.17, 15) is 4.79 Å². The maximum absolute atomic E-state index is 14.3. The minimum atomic E-state index is -0.144. The Morgan fingerprint density at radius 2 is 1.16 bits per heavy atom. The summed E-state index contributed by atoms with van der Waals surface area (Å²) in [7, 11) is 0. The lowest BCUT2D eigenvalue weighted by Crippen LogP contribution is -2.25. The van der Waals surface area contributed by atoms with Gasteiger partial charge in [0, 0.05) is 27.7 Å². The third-order valence-electron chi connectivity index (χ3n) is 11.9. The number of imidazole rings is 1. The van der Waals surface area contributed by atoms with E-state index < -0.39 is 0 Å². The third kappa shape index (κ3) is 5.17. The number of fused-ring (bicyclic) bond motifs is 8. The van der Waals surface area contributed by atoms with Crippen LogP contribution in [0.15, 0.2) is 199 Å². The van der Waals surface area contributed by atoms with Crippen LogP contribution < -0.4 is 10.6 Å². The smallest absolute Gasteiger partial charge is 0.310 e. The quantitative estimate of drug-likeness (QED) is 0.170. The van der Waals surface area contributed by atoms with Crippen molar-refractivity contribution >= 4 is 44.6 Å². The van der Waals surface area contributed by atoms with Gasteiger partial charge in [-0.1, -0.05) is 141 Å². The van der Waals surface area contributed by atoms with E-state index in [1.807, 2.05) is 54.6 Å². The van der Waals surface area contributed by atoms with Crippen molar-refractivity contribution in [3.8, 4) is 39.1 Å². The molecule has 0 spiro atoms. The average molecular weight is 747 g/mol. The van der Waals surface area contributed by atoms with Gasteiger partial charge in [0.2, 0.25) is 0 Å². The van der Waals surface area contributed by atoms with Gasteiger partial charge in [-0.3, -0.25) is 4.57 Å². The summed E-state index contributed by atoms with van der Waals surface area (Å²) in [5.74, 6) is 0.